The van der Waals surface area contributed by atoms with Crippen molar-refractivity contribution in [1.82, 2.24) is 15.0 Å². The molecule has 18 heavy (non-hydrogen) atoms. The monoisotopic (exact) mass is 255 g/mol. The molecule has 0 bridgehead atoms. The molecule has 1 fully saturated rings. The number of rotatable bonds is 5. The molecule has 0 radical (unpaired) electrons. The van der Waals surface area contributed by atoms with E-state index in [9.17, 15) is 4.79 Å². The van der Waals surface area contributed by atoms with Crippen molar-refractivity contribution in [3.63, 3.8) is 0 Å². The van der Waals surface area contributed by atoms with Crippen LogP contribution in [0, 0.1) is 5.92 Å². The van der Waals surface area contributed by atoms with Gasteiger partial charge in [-0.25, -0.2) is 0 Å². The number of methoxy groups -OCH3 is 1. The van der Waals surface area contributed by atoms with E-state index < -0.39 is 5.97 Å². The van der Waals surface area contributed by atoms with E-state index in [1.165, 1.54) is 0 Å². The minimum Gasteiger partial charge on any atom is -0.481 e. The van der Waals surface area contributed by atoms with Gasteiger partial charge in [-0.2, -0.15) is 4.98 Å². The van der Waals surface area contributed by atoms with Crippen molar-refractivity contribution in [3.8, 4) is 0 Å². The van der Waals surface area contributed by atoms with E-state index in [1.807, 2.05) is 4.90 Å². The summed E-state index contributed by atoms with van der Waals surface area (Å²) in [6, 6.07) is 0. The third-order valence-corrected chi connectivity index (χ3v) is 3.00. The van der Waals surface area contributed by atoms with Crippen molar-refractivity contribution in [2.45, 2.75) is 26.0 Å². The first kappa shape index (κ1) is 13.0. The topological polar surface area (TPSA) is 88.7 Å². The van der Waals surface area contributed by atoms with Crippen LogP contribution in [0.1, 0.15) is 24.6 Å². The molecule has 0 aliphatic carbocycles. The molecule has 7 nitrogen and oxygen atoms in total. The van der Waals surface area contributed by atoms with Crippen molar-refractivity contribution in [2.24, 2.45) is 5.92 Å². The largest absolute Gasteiger partial charge is 0.481 e. The Morgan fingerprint density at radius 2 is 2.50 bits per heavy atom. The molecule has 1 atom stereocenters. The Morgan fingerprint density at radius 3 is 3.22 bits per heavy atom. The van der Waals surface area contributed by atoms with Crippen LogP contribution in [0.2, 0.25) is 0 Å². The summed E-state index contributed by atoms with van der Waals surface area (Å²) in [5, 5.41) is 12.8. The van der Waals surface area contributed by atoms with Crippen LogP contribution >= 0.6 is 0 Å². The first-order valence-electron chi connectivity index (χ1n) is 5.94. The number of carboxylic acid groups (broad SMARTS) is 1. The molecule has 0 saturated carbocycles. The van der Waals surface area contributed by atoms with Gasteiger partial charge in [0.05, 0.1) is 12.5 Å². The zero-order valence-electron chi connectivity index (χ0n) is 10.3. The Hall–Kier alpha value is -1.47. The number of hydrogen-bond donors (Lipinski definition) is 1. The summed E-state index contributed by atoms with van der Waals surface area (Å²) >= 11 is 0. The van der Waals surface area contributed by atoms with Crippen LogP contribution < -0.4 is 0 Å². The molecular formula is C11H17N3O4. The lowest BCUT2D eigenvalue weighted by atomic mass is 9.98. The molecule has 1 aliphatic heterocycles. The lowest BCUT2D eigenvalue weighted by Crippen LogP contribution is -2.38. The molecule has 100 valence electrons. The summed E-state index contributed by atoms with van der Waals surface area (Å²) in [5.41, 5.74) is 0. The van der Waals surface area contributed by atoms with Gasteiger partial charge in [-0.3, -0.25) is 9.69 Å². The number of carboxylic acids is 1. The molecule has 0 spiro atoms. The Bertz CT molecular complexity index is 407. The van der Waals surface area contributed by atoms with E-state index in [4.69, 9.17) is 14.4 Å². The van der Waals surface area contributed by atoms with Crippen molar-refractivity contribution < 1.29 is 19.2 Å². The van der Waals surface area contributed by atoms with Gasteiger partial charge in [0.1, 0.15) is 6.61 Å². The van der Waals surface area contributed by atoms with E-state index in [0.29, 0.717) is 31.4 Å². The third-order valence-electron chi connectivity index (χ3n) is 3.00. The maximum absolute atomic E-state index is 10.9. The lowest BCUT2D eigenvalue weighted by Gasteiger charge is -2.29. The number of ether oxygens (including phenoxy) is 1. The summed E-state index contributed by atoms with van der Waals surface area (Å²) in [4.78, 5) is 17.2. The molecule has 2 heterocycles. The number of carbonyl (C=O) groups is 1. The molecule has 0 aromatic carbocycles. The fraction of sp³-hybridized carbons (Fsp3) is 0.727. The van der Waals surface area contributed by atoms with Crippen molar-refractivity contribution in [3.05, 3.63) is 11.7 Å². The van der Waals surface area contributed by atoms with Crippen LogP contribution in [-0.2, 0) is 22.7 Å². The normalized spacial score (nSPS) is 21.1. The van der Waals surface area contributed by atoms with Crippen LogP contribution in [0.5, 0.6) is 0 Å². The van der Waals surface area contributed by atoms with Gasteiger partial charge < -0.3 is 14.4 Å². The number of hydrogen-bond acceptors (Lipinski definition) is 6. The maximum atomic E-state index is 10.9. The van der Waals surface area contributed by atoms with E-state index in [-0.39, 0.29) is 5.92 Å². The Labute approximate surface area is 105 Å². The Kier molecular flexibility index (Phi) is 4.27. The fourth-order valence-corrected chi connectivity index (χ4v) is 2.13. The lowest BCUT2D eigenvalue weighted by molar-refractivity contribution is -0.143. The second-order valence-corrected chi connectivity index (χ2v) is 4.45. The molecule has 1 aromatic heterocycles. The predicted molar refractivity (Wildman–Crippen MR) is 60.6 cm³/mol. The average molecular weight is 255 g/mol. The second kappa shape index (κ2) is 5.92. The maximum Gasteiger partial charge on any atom is 0.307 e. The molecule has 1 saturated heterocycles. The third kappa shape index (κ3) is 3.27. The molecule has 1 unspecified atom stereocenters. The van der Waals surface area contributed by atoms with Crippen LogP contribution in [-0.4, -0.2) is 46.3 Å². The Balaban J connectivity index is 1.89. The molecule has 0 amide bonds. The van der Waals surface area contributed by atoms with Crippen molar-refractivity contribution in [2.75, 3.05) is 20.2 Å². The van der Waals surface area contributed by atoms with Crippen molar-refractivity contribution in [1.29, 1.82) is 0 Å². The number of piperidine rings is 1. The highest BCUT2D eigenvalue weighted by Crippen LogP contribution is 2.18. The predicted octanol–water partition coefficient (Wildman–Crippen LogP) is 0.513. The smallest absolute Gasteiger partial charge is 0.307 e. The molecule has 1 N–H and O–H groups in total. The van der Waals surface area contributed by atoms with E-state index in [1.54, 1.807) is 7.11 Å². The highest BCUT2D eigenvalue weighted by molar-refractivity contribution is 5.70. The highest BCUT2D eigenvalue weighted by atomic mass is 16.5. The van der Waals surface area contributed by atoms with E-state index in [0.717, 1.165) is 19.4 Å². The molecule has 7 heteroatoms. The number of aliphatic carboxylic acids is 1. The molecule has 2 rings (SSSR count). The quantitative estimate of drug-likeness (QED) is 0.820. The number of likely N-dealkylation sites (tertiary alicyclic amines) is 1. The first-order chi connectivity index (χ1) is 8.69. The van der Waals surface area contributed by atoms with Gasteiger partial charge in [0, 0.05) is 13.7 Å². The zero-order valence-corrected chi connectivity index (χ0v) is 10.3. The first-order valence-corrected chi connectivity index (χ1v) is 5.94. The van der Waals surface area contributed by atoms with Crippen LogP contribution in [0.4, 0.5) is 0 Å². The van der Waals surface area contributed by atoms with Gasteiger partial charge in [-0.15, -0.1) is 0 Å². The standard InChI is InChI=1S/C11H17N3O4/c1-17-7-9-12-10(18-13-9)6-14-4-2-3-8(5-14)11(15)16/h8H,2-7H2,1H3,(H,15,16). The molecule has 1 aliphatic rings. The average Bonchev–Trinajstić information content (AvgIpc) is 2.77. The molecular weight excluding hydrogens is 238 g/mol. The van der Waals surface area contributed by atoms with E-state index >= 15 is 0 Å². The second-order valence-electron chi connectivity index (χ2n) is 4.45. The summed E-state index contributed by atoms with van der Waals surface area (Å²) < 4.78 is 9.99. The minimum absolute atomic E-state index is 0.292. The van der Waals surface area contributed by atoms with Crippen LogP contribution in [0.15, 0.2) is 4.52 Å². The van der Waals surface area contributed by atoms with Gasteiger partial charge in [-0.05, 0) is 19.4 Å². The zero-order chi connectivity index (χ0) is 13.0. The summed E-state index contributed by atoms with van der Waals surface area (Å²) in [6.45, 7) is 2.23. The summed E-state index contributed by atoms with van der Waals surface area (Å²) in [6.07, 6.45) is 1.63. The van der Waals surface area contributed by atoms with Gasteiger partial charge in [-0.1, -0.05) is 5.16 Å². The van der Waals surface area contributed by atoms with Gasteiger partial charge >= 0.3 is 5.97 Å². The van der Waals surface area contributed by atoms with Crippen molar-refractivity contribution >= 4 is 5.97 Å². The molecule has 1 aromatic rings. The fourth-order valence-electron chi connectivity index (χ4n) is 2.13. The van der Waals surface area contributed by atoms with Gasteiger partial charge in [0.15, 0.2) is 5.82 Å². The summed E-state index contributed by atoms with van der Waals surface area (Å²) in [7, 11) is 1.57. The highest BCUT2D eigenvalue weighted by Gasteiger charge is 2.26. The summed E-state index contributed by atoms with van der Waals surface area (Å²) in [5.74, 6) is -0.00204. The van der Waals surface area contributed by atoms with E-state index in [2.05, 4.69) is 10.1 Å². The van der Waals surface area contributed by atoms with Gasteiger partial charge in [0.25, 0.3) is 0 Å². The number of aromatic nitrogens is 2. The Morgan fingerprint density at radius 1 is 1.67 bits per heavy atom. The van der Waals surface area contributed by atoms with Crippen LogP contribution in [0.3, 0.4) is 0 Å². The number of nitrogens with zero attached hydrogens (tertiary/aromatic N) is 3. The SMILES string of the molecule is COCc1noc(CN2CCCC(C(=O)O)C2)n1. The minimum atomic E-state index is -0.731. The van der Waals surface area contributed by atoms with Crippen LogP contribution in [0.25, 0.3) is 0 Å². The van der Waals surface area contributed by atoms with Gasteiger partial charge in [0.2, 0.25) is 5.89 Å².